The van der Waals surface area contributed by atoms with Crippen LogP contribution in [0, 0.1) is 0 Å². The monoisotopic (exact) mass is 369 g/mol. The first kappa shape index (κ1) is 20.0. The van der Waals surface area contributed by atoms with Gasteiger partial charge in [-0.05, 0) is 23.6 Å². The topological polar surface area (TPSA) is 84.9 Å². The predicted octanol–water partition coefficient (Wildman–Crippen LogP) is 3.65. The fraction of sp³-hybridized carbons (Fsp3) is 0.238. The van der Waals surface area contributed by atoms with Gasteiger partial charge in [0.25, 0.3) is 0 Å². The molecule has 0 aliphatic rings. The number of carbonyl (C=O) groups is 2. The Balaban J connectivity index is 1.73. The number of hydrogen-bond acceptors (Lipinski definition) is 4. The number of carbonyl (C=O) groups excluding carboxylic acids is 1. The molecule has 0 radical (unpaired) electrons. The van der Waals surface area contributed by atoms with Crippen molar-refractivity contribution in [2.75, 3.05) is 13.7 Å². The van der Waals surface area contributed by atoms with Crippen LogP contribution >= 0.6 is 0 Å². The minimum absolute atomic E-state index is 0.0812. The van der Waals surface area contributed by atoms with Gasteiger partial charge >= 0.3 is 12.1 Å². The van der Waals surface area contributed by atoms with E-state index in [9.17, 15) is 9.59 Å². The van der Waals surface area contributed by atoms with Gasteiger partial charge in [-0.2, -0.15) is 0 Å². The van der Waals surface area contributed by atoms with Crippen molar-refractivity contribution in [2.45, 2.75) is 19.4 Å². The third kappa shape index (κ3) is 7.23. The number of nitrogens with one attached hydrogen (secondary N) is 1. The Hall–Kier alpha value is -3.28. The highest BCUT2D eigenvalue weighted by molar-refractivity contribution is 5.72. The molecule has 1 amide bonds. The van der Waals surface area contributed by atoms with Crippen LogP contribution in [0.25, 0.3) is 6.08 Å². The lowest BCUT2D eigenvalue weighted by Gasteiger charge is -2.07. The Bertz CT molecular complexity index is 786. The summed E-state index contributed by atoms with van der Waals surface area (Å²) in [6, 6.07) is 14.8. The number of carboxylic acids is 1. The maximum absolute atomic E-state index is 11.6. The quantitative estimate of drug-likeness (QED) is 0.659. The summed E-state index contributed by atoms with van der Waals surface area (Å²) < 4.78 is 10.4. The first-order chi connectivity index (χ1) is 13.1. The van der Waals surface area contributed by atoms with Gasteiger partial charge in [-0.1, -0.05) is 54.6 Å². The third-order valence-electron chi connectivity index (χ3n) is 3.76. The third-order valence-corrected chi connectivity index (χ3v) is 3.76. The zero-order chi connectivity index (χ0) is 19.5. The maximum atomic E-state index is 11.6. The molecule has 0 bridgehead atoms. The maximum Gasteiger partial charge on any atom is 0.407 e. The van der Waals surface area contributed by atoms with Crippen LogP contribution in [0.2, 0.25) is 0 Å². The van der Waals surface area contributed by atoms with E-state index in [1.54, 1.807) is 12.1 Å². The minimum atomic E-state index is -0.901. The van der Waals surface area contributed by atoms with Crippen molar-refractivity contribution >= 4 is 18.1 Å². The van der Waals surface area contributed by atoms with Crippen molar-refractivity contribution in [3.8, 4) is 5.75 Å². The Morgan fingerprint density at radius 3 is 2.63 bits per heavy atom. The van der Waals surface area contributed by atoms with Crippen molar-refractivity contribution in [1.82, 2.24) is 5.32 Å². The number of rotatable bonds is 9. The van der Waals surface area contributed by atoms with Gasteiger partial charge < -0.3 is 19.9 Å². The molecule has 0 aromatic heterocycles. The van der Waals surface area contributed by atoms with Gasteiger partial charge in [0.2, 0.25) is 0 Å². The van der Waals surface area contributed by atoms with E-state index in [0.717, 1.165) is 11.1 Å². The van der Waals surface area contributed by atoms with Crippen molar-refractivity contribution in [2.24, 2.45) is 0 Å². The molecule has 0 saturated carbocycles. The number of amides is 1. The average Bonchev–Trinajstić information content (AvgIpc) is 2.67. The van der Waals surface area contributed by atoms with Crippen LogP contribution in [-0.2, 0) is 22.6 Å². The number of ether oxygens (including phenoxy) is 2. The molecule has 0 unspecified atom stereocenters. The summed E-state index contributed by atoms with van der Waals surface area (Å²) >= 11 is 0. The summed E-state index contributed by atoms with van der Waals surface area (Å²) in [6.07, 6.45) is 3.92. The van der Waals surface area contributed by atoms with Crippen LogP contribution in [-0.4, -0.2) is 30.8 Å². The van der Waals surface area contributed by atoms with E-state index in [-0.39, 0.29) is 13.0 Å². The molecular weight excluding hydrogens is 346 g/mol. The number of benzene rings is 2. The molecule has 0 aliphatic heterocycles. The molecule has 0 saturated heterocycles. The van der Waals surface area contributed by atoms with E-state index in [1.165, 1.54) is 7.11 Å². The minimum Gasteiger partial charge on any atom is -0.496 e. The molecule has 6 nitrogen and oxygen atoms in total. The molecule has 2 N–H and O–H groups in total. The molecule has 2 rings (SSSR count). The van der Waals surface area contributed by atoms with Crippen LogP contribution < -0.4 is 10.1 Å². The number of hydrogen-bond donors (Lipinski definition) is 2. The molecule has 0 spiro atoms. The zero-order valence-electron chi connectivity index (χ0n) is 15.2. The van der Waals surface area contributed by atoms with Gasteiger partial charge in [-0.3, -0.25) is 4.79 Å². The van der Waals surface area contributed by atoms with Crippen molar-refractivity contribution in [3.05, 3.63) is 71.3 Å². The van der Waals surface area contributed by atoms with E-state index in [0.29, 0.717) is 24.3 Å². The van der Waals surface area contributed by atoms with Gasteiger partial charge in [0.1, 0.15) is 12.4 Å². The zero-order valence-corrected chi connectivity index (χ0v) is 15.2. The van der Waals surface area contributed by atoms with Gasteiger partial charge in [0, 0.05) is 12.1 Å². The normalized spacial score (nSPS) is 10.6. The van der Waals surface area contributed by atoms with E-state index in [2.05, 4.69) is 5.32 Å². The van der Waals surface area contributed by atoms with E-state index in [4.69, 9.17) is 14.6 Å². The lowest BCUT2D eigenvalue weighted by Crippen LogP contribution is -2.24. The molecule has 0 atom stereocenters. The van der Waals surface area contributed by atoms with Gasteiger partial charge in [-0.15, -0.1) is 0 Å². The van der Waals surface area contributed by atoms with Crippen LogP contribution in [0.4, 0.5) is 4.79 Å². The SMILES string of the molecule is COc1cc(C=CCCNC(=O)OCc2ccccc2)ccc1CC(=O)O. The second-order valence-corrected chi connectivity index (χ2v) is 5.82. The van der Waals surface area contributed by atoms with Crippen molar-refractivity contribution in [1.29, 1.82) is 0 Å². The second kappa shape index (κ2) is 10.7. The number of carboxylic acid groups (broad SMARTS) is 1. The number of alkyl carbamates (subject to hydrolysis) is 1. The summed E-state index contributed by atoms with van der Waals surface area (Å²) in [5.41, 5.74) is 2.46. The standard InChI is InChI=1S/C21H23NO5/c1-26-19-13-16(10-11-18(19)14-20(23)24)7-5-6-12-22-21(25)27-15-17-8-3-2-4-9-17/h2-5,7-11,13H,6,12,14-15H2,1H3,(H,22,25)(H,23,24). The summed E-state index contributed by atoms with van der Waals surface area (Å²) in [6.45, 7) is 0.698. The van der Waals surface area contributed by atoms with Crippen LogP contribution in [0.3, 0.4) is 0 Å². The van der Waals surface area contributed by atoms with Gasteiger partial charge in [0.05, 0.1) is 13.5 Å². The lowest BCUT2D eigenvalue weighted by molar-refractivity contribution is -0.136. The highest BCUT2D eigenvalue weighted by atomic mass is 16.5. The molecule has 2 aromatic carbocycles. The van der Waals surface area contributed by atoms with Crippen LogP contribution in [0.5, 0.6) is 5.75 Å². The smallest absolute Gasteiger partial charge is 0.407 e. The molecular formula is C21H23NO5. The average molecular weight is 369 g/mol. The molecule has 2 aromatic rings. The lowest BCUT2D eigenvalue weighted by atomic mass is 10.1. The predicted molar refractivity (Wildman–Crippen MR) is 103 cm³/mol. The number of methoxy groups -OCH3 is 1. The van der Waals surface area contributed by atoms with Crippen LogP contribution in [0.15, 0.2) is 54.6 Å². The van der Waals surface area contributed by atoms with Gasteiger partial charge in [-0.25, -0.2) is 4.79 Å². The van der Waals surface area contributed by atoms with Gasteiger partial charge in [0.15, 0.2) is 0 Å². The summed E-state index contributed by atoms with van der Waals surface area (Å²) in [4.78, 5) is 22.5. The van der Waals surface area contributed by atoms with Crippen molar-refractivity contribution < 1.29 is 24.2 Å². The second-order valence-electron chi connectivity index (χ2n) is 5.82. The first-order valence-electron chi connectivity index (χ1n) is 8.58. The van der Waals surface area contributed by atoms with Crippen molar-refractivity contribution in [3.63, 3.8) is 0 Å². The highest BCUT2D eigenvalue weighted by Crippen LogP contribution is 2.21. The fourth-order valence-electron chi connectivity index (χ4n) is 2.42. The molecule has 0 heterocycles. The fourth-order valence-corrected chi connectivity index (χ4v) is 2.42. The largest absolute Gasteiger partial charge is 0.496 e. The van der Waals surface area contributed by atoms with E-state index < -0.39 is 12.1 Å². The molecule has 6 heteroatoms. The molecule has 0 aliphatic carbocycles. The molecule has 0 fully saturated rings. The van der Waals surface area contributed by atoms with Crippen LogP contribution in [0.1, 0.15) is 23.1 Å². The highest BCUT2D eigenvalue weighted by Gasteiger charge is 2.07. The Morgan fingerprint density at radius 1 is 1.15 bits per heavy atom. The van der Waals surface area contributed by atoms with E-state index >= 15 is 0 Å². The Morgan fingerprint density at radius 2 is 1.93 bits per heavy atom. The molecule has 142 valence electrons. The summed E-state index contributed by atoms with van der Waals surface area (Å²) in [7, 11) is 1.51. The Kier molecular flexibility index (Phi) is 7.91. The summed E-state index contributed by atoms with van der Waals surface area (Å²) in [5.74, 6) is -0.357. The number of aliphatic carboxylic acids is 1. The first-order valence-corrected chi connectivity index (χ1v) is 8.58. The van der Waals surface area contributed by atoms with E-state index in [1.807, 2.05) is 48.6 Å². The molecule has 27 heavy (non-hydrogen) atoms. The summed E-state index contributed by atoms with van der Waals surface area (Å²) in [5, 5.41) is 11.6. The Labute approximate surface area is 158 Å².